The van der Waals surface area contributed by atoms with E-state index < -0.39 is 11.4 Å². The SMILES string of the molecule is Cc1cc(-c2c(-c3ccccc3)nc(=N)n3c2N(O)N(Cc2ccc(F)c(=O)[nH]2)C3)cc(C)n1. The minimum absolute atomic E-state index is 0.0331. The zero-order valence-corrected chi connectivity index (χ0v) is 18.6. The van der Waals surface area contributed by atoms with Crippen LogP contribution in [0, 0.1) is 25.1 Å². The van der Waals surface area contributed by atoms with E-state index in [1.54, 1.807) is 4.57 Å². The predicted molar refractivity (Wildman–Crippen MR) is 123 cm³/mol. The summed E-state index contributed by atoms with van der Waals surface area (Å²) in [5.41, 5.74) is 3.98. The van der Waals surface area contributed by atoms with Crippen molar-refractivity contribution in [2.24, 2.45) is 0 Å². The Morgan fingerprint density at radius 1 is 1.06 bits per heavy atom. The highest BCUT2D eigenvalue weighted by molar-refractivity contribution is 5.88. The molecule has 1 aliphatic heterocycles. The second kappa shape index (κ2) is 8.32. The molecule has 0 spiro atoms. The van der Waals surface area contributed by atoms with Crippen LogP contribution in [0.5, 0.6) is 0 Å². The van der Waals surface area contributed by atoms with Gasteiger partial charge >= 0.3 is 0 Å². The quantitative estimate of drug-likeness (QED) is 0.432. The summed E-state index contributed by atoms with van der Waals surface area (Å²) in [5, 5.41) is 22.3. The highest BCUT2D eigenvalue weighted by Crippen LogP contribution is 2.40. The monoisotopic (exact) mass is 459 g/mol. The number of halogens is 1. The second-order valence-corrected chi connectivity index (χ2v) is 8.17. The first-order valence-electron chi connectivity index (χ1n) is 10.6. The third-order valence-electron chi connectivity index (χ3n) is 5.64. The van der Waals surface area contributed by atoms with Crippen molar-refractivity contribution in [3.05, 3.63) is 93.5 Å². The second-order valence-electron chi connectivity index (χ2n) is 8.17. The zero-order valence-electron chi connectivity index (χ0n) is 18.6. The van der Waals surface area contributed by atoms with Gasteiger partial charge in [-0.25, -0.2) is 9.37 Å². The minimum atomic E-state index is -0.875. The number of H-pyrrole nitrogens is 1. The highest BCUT2D eigenvalue weighted by atomic mass is 19.1. The molecule has 0 atom stereocenters. The lowest BCUT2D eigenvalue weighted by atomic mass is 9.99. The summed E-state index contributed by atoms with van der Waals surface area (Å²) in [6, 6.07) is 15.8. The lowest BCUT2D eigenvalue weighted by Crippen LogP contribution is -2.35. The number of anilines is 1. The first-order valence-corrected chi connectivity index (χ1v) is 10.6. The summed E-state index contributed by atoms with van der Waals surface area (Å²) in [5.74, 6) is -0.507. The number of aromatic nitrogens is 4. The molecule has 34 heavy (non-hydrogen) atoms. The number of fused-ring (bicyclic) bond motifs is 1. The van der Waals surface area contributed by atoms with Crippen molar-refractivity contribution in [1.29, 1.82) is 5.41 Å². The summed E-state index contributed by atoms with van der Waals surface area (Å²) in [6.07, 6.45) is 0. The van der Waals surface area contributed by atoms with Gasteiger partial charge in [-0.05, 0) is 43.7 Å². The Morgan fingerprint density at radius 2 is 1.76 bits per heavy atom. The maximum Gasteiger partial charge on any atom is 0.284 e. The van der Waals surface area contributed by atoms with Crippen molar-refractivity contribution >= 4 is 5.82 Å². The van der Waals surface area contributed by atoms with E-state index in [1.807, 2.05) is 56.3 Å². The number of aromatic amines is 1. The number of hydrogen-bond acceptors (Lipinski definition) is 7. The van der Waals surface area contributed by atoms with E-state index in [9.17, 15) is 14.4 Å². The zero-order chi connectivity index (χ0) is 24.0. The number of hydrazine groups is 1. The molecule has 4 heterocycles. The van der Waals surface area contributed by atoms with Crippen molar-refractivity contribution in [2.75, 3.05) is 5.17 Å². The summed E-state index contributed by atoms with van der Waals surface area (Å²) in [7, 11) is 0. The van der Waals surface area contributed by atoms with Crippen LogP contribution >= 0.6 is 0 Å². The van der Waals surface area contributed by atoms with Crippen LogP contribution in [-0.2, 0) is 13.2 Å². The summed E-state index contributed by atoms with van der Waals surface area (Å²) < 4.78 is 15.0. The maximum atomic E-state index is 13.4. The van der Waals surface area contributed by atoms with Gasteiger partial charge in [-0.1, -0.05) is 30.3 Å². The lowest BCUT2D eigenvalue weighted by Gasteiger charge is -2.23. The molecule has 0 unspecified atom stereocenters. The maximum absolute atomic E-state index is 13.4. The van der Waals surface area contributed by atoms with E-state index >= 15 is 0 Å². The van der Waals surface area contributed by atoms with Gasteiger partial charge in [0.15, 0.2) is 11.6 Å². The molecule has 3 aromatic heterocycles. The van der Waals surface area contributed by atoms with Crippen LogP contribution in [0.4, 0.5) is 10.2 Å². The molecule has 3 N–H and O–H groups in total. The fraction of sp³-hybridized carbons (Fsp3) is 0.167. The van der Waals surface area contributed by atoms with Crippen LogP contribution in [0.1, 0.15) is 17.1 Å². The van der Waals surface area contributed by atoms with Gasteiger partial charge in [-0.3, -0.25) is 25.0 Å². The predicted octanol–water partition coefficient (Wildman–Crippen LogP) is 3.12. The van der Waals surface area contributed by atoms with Crippen LogP contribution in [0.25, 0.3) is 22.4 Å². The van der Waals surface area contributed by atoms with E-state index in [0.717, 1.165) is 33.8 Å². The average Bonchev–Trinajstić information content (AvgIpc) is 3.13. The Bertz CT molecular complexity index is 1490. The topological polar surface area (TPSA) is 114 Å². The molecule has 0 aliphatic carbocycles. The van der Waals surface area contributed by atoms with E-state index in [2.05, 4.69) is 15.0 Å². The standard InChI is InChI=1S/C24H22FN7O2/c1-14-10-17(11-15(2)27-14)20-21(16-6-4-3-5-7-16)29-24(26)31-13-30(32(34)23(20)31)12-18-8-9-19(25)22(33)28-18/h3-11,26,34H,12-13H2,1-2H3,(H,28,33). The Hall–Kier alpha value is -4.15. The van der Waals surface area contributed by atoms with Gasteiger partial charge in [0.05, 0.1) is 17.8 Å². The fourth-order valence-electron chi connectivity index (χ4n) is 4.21. The van der Waals surface area contributed by atoms with Crippen LogP contribution in [-0.4, -0.2) is 29.7 Å². The molecular formula is C24H22FN7O2. The molecule has 0 radical (unpaired) electrons. The van der Waals surface area contributed by atoms with Gasteiger partial charge in [-0.2, -0.15) is 10.2 Å². The van der Waals surface area contributed by atoms with Crippen LogP contribution in [0.2, 0.25) is 0 Å². The van der Waals surface area contributed by atoms with Gasteiger partial charge in [0, 0.05) is 22.6 Å². The average molecular weight is 459 g/mol. The third-order valence-corrected chi connectivity index (χ3v) is 5.64. The number of rotatable bonds is 4. The van der Waals surface area contributed by atoms with Gasteiger partial charge in [-0.15, -0.1) is 0 Å². The molecule has 1 aliphatic rings. The largest absolute Gasteiger partial charge is 0.322 e. The minimum Gasteiger partial charge on any atom is -0.322 e. The summed E-state index contributed by atoms with van der Waals surface area (Å²) in [6.45, 7) is 3.99. The lowest BCUT2D eigenvalue weighted by molar-refractivity contribution is 0.0613. The number of pyridine rings is 2. The van der Waals surface area contributed by atoms with Crippen molar-refractivity contribution in [1.82, 2.24) is 24.5 Å². The van der Waals surface area contributed by atoms with E-state index in [0.29, 0.717) is 22.8 Å². The number of nitrogens with zero attached hydrogens (tertiary/aromatic N) is 5. The molecule has 1 aromatic carbocycles. The fourth-order valence-corrected chi connectivity index (χ4v) is 4.21. The smallest absolute Gasteiger partial charge is 0.284 e. The van der Waals surface area contributed by atoms with E-state index in [1.165, 1.54) is 11.1 Å². The molecule has 0 bridgehead atoms. The van der Waals surface area contributed by atoms with Gasteiger partial charge in [0.2, 0.25) is 5.62 Å². The molecule has 172 valence electrons. The Morgan fingerprint density at radius 3 is 2.44 bits per heavy atom. The molecule has 0 fully saturated rings. The molecular weight excluding hydrogens is 437 g/mol. The number of hydrogen-bond donors (Lipinski definition) is 3. The summed E-state index contributed by atoms with van der Waals surface area (Å²) >= 11 is 0. The summed E-state index contributed by atoms with van der Waals surface area (Å²) in [4.78, 5) is 23.2. The highest BCUT2D eigenvalue weighted by Gasteiger charge is 2.33. The van der Waals surface area contributed by atoms with Crippen molar-refractivity contribution in [2.45, 2.75) is 27.1 Å². The molecule has 10 heteroatoms. The van der Waals surface area contributed by atoms with E-state index in [-0.39, 0.29) is 18.8 Å². The Kier molecular flexibility index (Phi) is 5.31. The van der Waals surface area contributed by atoms with Gasteiger partial charge < -0.3 is 4.98 Å². The number of nitrogens with one attached hydrogen (secondary N) is 2. The van der Waals surface area contributed by atoms with Crippen molar-refractivity contribution in [3.63, 3.8) is 0 Å². The normalized spacial score (nSPS) is 13.4. The third kappa shape index (κ3) is 3.78. The van der Waals surface area contributed by atoms with Crippen LogP contribution in [0.15, 0.2) is 59.4 Å². The molecule has 0 amide bonds. The van der Waals surface area contributed by atoms with Gasteiger partial charge in [0.25, 0.3) is 5.56 Å². The Balaban J connectivity index is 1.69. The molecule has 4 aromatic rings. The van der Waals surface area contributed by atoms with E-state index in [4.69, 9.17) is 5.41 Å². The van der Waals surface area contributed by atoms with Crippen LogP contribution in [0.3, 0.4) is 0 Å². The van der Waals surface area contributed by atoms with Crippen molar-refractivity contribution < 1.29 is 9.60 Å². The van der Waals surface area contributed by atoms with Crippen LogP contribution < -0.4 is 16.3 Å². The van der Waals surface area contributed by atoms with Gasteiger partial charge in [0.1, 0.15) is 6.67 Å². The first-order chi connectivity index (χ1) is 16.3. The molecule has 9 nitrogen and oxygen atoms in total. The molecule has 0 saturated carbocycles. The number of aryl methyl sites for hydroxylation is 2. The molecule has 0 saturated heterocycles. The molecule has 5 rings (SSSR count). The first kappa shape index (κ1) is 21.7. The van der Waals surface area contributed by atoms with Crippen molar-refractivity contribution in [3.8, 4) is 22.4 Å². The number of benzene rings is 1. The Labute approximate surface area is 193 Å².